The molecule has 3 rings (SSSR count). The van der Waals surface area contributed by atoms with E-state index in [1.54, 1.807) is 0 Å². The minimum Gasteiger partial charge on any atom is -0.489 e. The Kier molecular flexibility index (Phi) is 6.97. The van der Waals surface area contributed by atoms with E-state index >= 15 is 0 Å². The molecule has 28 heavy (non-hydrogen) atoms. The topological polar surface area (TPSA) is 71.1 Å². The van der Waals surface area contributed by atoms with Gasteiger partial charge in [-0.3, -0.25) is 4.72 Å². The molecule has 0 fully saturated rings. The lowest BCUT2D eigenvalue weighted by Crippen LogP contribution is -2.08. The fourth-order valence-corrected chi connectivity index (χ4v) is 3.13. The van der Waals surface area contributed by atoms with Crippen LogP contribution in [0.5, 0.6) is 5.75 Å². The summed E-state index contributed by atoms with van der Waals surface area (Å²) in [5.41, 5.74) is 1.73. The van der Waals surface area contributed by atoms with Gasteiger partial charge in [-0.1, -0.05) is 11.6 Å². The predicted molar refractivity (Wildman–Crippen MR) is 117 cm³/mol. The van der Waals surface area contributed by atoms with E-state index in [0.717, 1.165) is 22.0 Å². The SMILES string of the molecule is CNSc1ccc(OC(C)C)c(Nc2cc(Nc3ccc(Cl)cc3)ncn2)c1. The molecule has 6 nitrogen and oxygen atoms in total. The Morgan fingerprint density at radius 3 is 2.36 bits per heavy atom. The molecule has 0 unspecified atom stereocenters. The Morgan fingerprint density at radius 1 is 0.964 bits per heavy atom. The summed E-state index contributed by atoms with van der Waals surface area (Å²) in [6.07, 6.45) is 1.58. The molecule has 0 saturated heterocycles. The zero-order valence-electron chi connectivity index (χ0n) is 15.9. The van der Waals surface area contributed by atoms with Crippen LogP contribution in [0.15, 0.2) is 59.8 Å². The summed E-state index contributed by atoms with van der Waals surface area (Å²) in [7, 11) is 1.88. The number of nitrogens with zero attached hydrogens (tertiary/aromatic N) is 2. The van der Waals surface area contributed by atoms with Gasteiger partial charge >= 0.3 is 0 Å². The molecule has 8 heteroatoms. The highest BCUT2D eigenvalue weighted by molar-refractivity contribution is 7.97. The third-order valence-corrected chi connectivity index (χ3v) is 4.53. The molecule has 1 aromatic heterocycles. The van der Waals surface area contributed by atoms with Crippen molar-refractivity contribution in [2.75, 3.05) is 17.7 Å². The maximum absolute atomic E-state index is 5.93. The summed E-state index contributed by atoms with van der Waals surface area (Å²) in [6, 6.07) is 15.3. The molecule has 0 radical (unpaired) electrons. The van der Waals surface area contributed by atoms with Crippen molar-refractivity contribution in [3.05, 3.63) is 59.9 Å². The zero-order valence-corrected chi connectivity index (χ0v) is 17.4. The molecule has 146 valence electrons. The van der Waals surface area contributed by atoms with Gasteiger partial charge in [0, 0.05) is 21.7 Å². The van der Waals surface area contributed by atoms with Crippen LogP contribution in [-0.4, -0.2) is 23.1 Å². The number of nitrogens with one attached hydrogen (secondary N) is 3. The number of halogens is 1. The van der Waals surface area contributed by atoms with Crippen LogP contribution in [0.1, 0.15) is 13.8 Å². The van der Waals surface area contributed by atoms with E-state index in [0.29, 0.717) is 16.7 Å². The van der Waals surface area contributed by atoms with E-state index < -0.39 is 0 Å². The number of benzene rings is 2. The second-order valence-corrected chi connectivity index (χ2v) is 7.70. The van der Waals surface area contributed by atoms with Gasteiger partial charge in [-0.15, -0.1) is 0 Å². The third kappa shape index (κ3) is 5.76. The Hall–Kier alpha value is -2.48. The molecular weight excluding hydrogens is 394 g/mol. The van der Waals surface area contributed by atoms with Gasteiger partial charge in [-0.2, -0.15) is 0 Å². The van der Waals surface area contributed by atoms with E-state index in [1.807, 2.05) is 69.4 Å². The van der Waals surface area contributed by atoms with Gasteiger partial charge in [0.05, 0.1) is 11.8 Å². The highest BCUT2D eigenvalue weighted by Gasteiger charge is 2.09. The molecular formula is C20H22ClN5OS. The predicted octanol–water partition coefficient (Wildman–Crippen LogP) is 5.63. The molecule has 0 aliphatic heterocycles. The fourth-order valence-electron chi connectivity index (χ4n) is 2.46. The molecule has 3 N–H and O–H groups in total. The second-order valence-electron chi connectivity index (χ2n) is 6.18. The normalized spacial score (nSPS) is 10.8. The maximum Gasteiger partial charge on any atom is 0.143 e. The molecule has 0 aliphatic carbocycles. The van der Waals surface area contributed by atoms with E-state index in [9.17, 15) is 0 Å². The van der Waals surface area contributed by atoms with Crippen LogP contribution in [0.3, 0.4) is 0 Å². The minimum atomic E-state index is 0.0656. The van der Waals surface area contributed by atoms with Crippen molar-refractivity contribution in [3.8, 4) is 5.75 Å². The van der Waals surface area contributed by atoms with Gasteiger partial charge in [0.1, 0.15) is 23.7 Å². The zero-order chi connectivity index (χ0) is 19.9. The molecule has 0 amide bonds. The highest BCUT2D eigenvalue weighted by atomic mass is 35.5. The summed E-state index contributed by atoms with van der Waals surface area (Å²) in [6.45, 7) is 4.00. The summed E-state index contributed by atoms with van der Waals surface area (Å²) >= 11 is 7.47. The monoisotopic (exact) mass is 415 g/mol. The number of anilines is 4. The van der Waals surface area contributed by atoms with Crippen molar-refractivity contribution < 1.29 is 4.74 Å². The largest absolute Gasteiger partial charge is 0.489 e. The van der Waals surface area contributed by atoms with Crippen LogP contribution in [0.25, 0.3) is 0 Å². The van der Waals surface area contributed by atoms with Gasteiger partial charge in [0.2, 0.25) is 0 Å². The van der Waals surface area contributed by atoms with E-state index in [1.165, 1.54) is 18.3 Å². The summed E-state index contributed by atoms with van der Waals surface area (Å²) in [5, 5.41) is 7.26. The number of hydrogen-bond acceptors (Lipinski definition) is 7. The van der Waals surface area contributed by atoms with E-state index in [-0.39, 0.29) is 6.10 Å². The van der Waals surface area contributed by atoms with Crippen LogP contribution in [0.4, 0.5) is 23.0 Å². The van der Waals surface area contributed by atoms with E-state index in [4.69, 9.17) is 16.3 Å². The smallest absolute Gasteiger partial charge is 0.143 e. The standard InChI is InChI=1S/C20H22ClN5OS/c1-13(2)27-18-9-8-16(28-22-3)10-17(18)26-20-11-19(23-12-24-20)25-15-6-4-14(21)5-7-15/h4-13,22H,1-3H3,(H2,23,24,25,26). The van der Waals surface area contributed by atoms with Crippen molar-refractivity contribution in [2.45, 2.75) is 24.8 Å². The van der Waals surface area contributed by atoms with Crippen LogP contribution < -0.4 is 20.1 Å². The fraction of sp³-hybridized carbons (Fsp3) is 0.200. The first-order valence-electron chi connectivity index (χ1n) is 8.79. The summed E-state index contributed by atoms with van der Waals surface area (Å²) < 4.78 is 9.00. The van der Waals surface area contributed by atoms with Crippen LogP contribution in [0, 0.1) is 0 Å². The number of hydrogen-bond donors (Lipinski definition) is 3. The first-order chi connectivity index (χ1) is 13.5. The van der Waals surface area contributed by atoms with Crippen LogP contribution >= 0.6 is 23.5 Å². The Balaban J connectivity index is 1.82. The lowest BCUT2D eigenvalue weighted by molar-refractivity contribution is 0.243. The summed E-state index contributed by atoms with van der Waals surface area (Å²) in [4.78, 5) is 9.67. The van der Waals surface area contributed by atoms with Gasteiger partial charge in [0.25, 0.3) is 0 Å². The Bertz CT molecular complexity index is 921. The third-order valence-electron chi connectivity index (χ3n) is 3.58. The van der Waals surface area contributed by atoms with Gasteiger partial charge in [0.15, 0.2) is 0 Å². The second kappa shape index (κ2) is 9.64. The Morgan fingerprint density at radius 2 is 1.68 bits per heavy atom. The molecule has 0 atom stereocenters. The molecule has 0 spiro atoms. The average molecular weight is 416 g/mol. The van der Waals surface area contributed by atoms with Crippen molar-refractivity contribution in [1.82, 2.24) is 14.7 Å². The number of ether oxygens (including phenoxy) is 1. The first-order valence-corrected chi connectivity index (χ1v) is 9.99. The molecule has 2 aromatic carbocycles. The number of aromatic nitrogens is 2. The average Bonchev–Trinajstić information content (AvgIpc) is 2.66. The minimum absolute atomic E-state index is 0.0656. The lowest BCUT2D eigenvalue weighted by atomic mass is 10.2. The molecule has 0 bridgehead atoms. The Labute approximate surface area is 174 Å². The van der Waals surface area contributed by atoms with Crippen molar-refractivity contribution >= 4 is 46.6 Å². The molecule has 0 saturated carbocycles. The van der Waals surface area contributed by atoms with Crippen LogP contribution in [-0.2, 0) is 0 Å². The lowest BCUT2D eigenvalue weighted by Gasteiger charge is -2.16. The van der Waals surface area contributed by atoms with E-state index in [2.05, 4.69) is 25.3 Å². The van der Waals surface area contributed by atoms with Crippen molar-refractivity contribution in [1.29, 1.82) is 0 Å². The van der Waals surface area contributed by atoms with Crippen molar-refractivity contribution in [2.24, 2.45) is 0 Å². The maximum atomic E-state index is 5.93. The molecule has 3 aromatic rings. The summed E-state index contributed by atoms with van der Waals surface area (Å²) in [5.74, 6) is 2.10. The first kappa shape index (κ1) is 20.3. The highest BCUT2D eigenvalue weighted by Crippen LogP contribution is 2.32. The van der Waals surface area contributed by atoms with Gasteiger partial charge in [-0.05, 0) is 75.3 Å². The quantitative estimate of drug-likeness (QED) is 0.411. The molecule has 1 heterocycles. The van der Waals surface area contributed by atoms with Gasteiger partial charge in [-0.25, -0.2) is 9.97 Å². The molecule has 0 aliphatic rings. The number of rotatable bonds is 8. The van der Waals surface area contributed by atoms with Crippen molar-refractivity contribution in [3.63, 3.8) is 0 Å². The van der Waals surface area contributed by atoms with Gasteiger partial charge < -0.3 is 15.4 Å². The van der Waals surface area contributed by atoms with Crippen LogP contribution in [0.2, 0.25) is 5.02 Å².